The molecule has 1 fully saturated rings. The summed E-state index contributed by atoms with van der Waals surface area (Å²) in [6.45, 7) is 3.52. The van der Waals surface area contributed by atoms with Crippen LogP contribution >= 0.6 is 0 Å². The van der Waals surface area contributed by atoms with E-state index in [2.05, 4.69) is 12.1 Å². The minimum atomic E-state index is -0.987. The van der Waals surface area contributed by atoms with Crippen LogP contribution in [0.2, 0.25) is 0 Å². The van der Waals surface area contributed by atoms with Crippen LogP contribution in [-0.2, 0) is 15.8 Å². The molecule has 2 heterocycles. The Hall–Kier alpha value is -2.55. The van der Waals surface area contributed by atoms with Gasteiger partial charge in [0.15, 0.2) is 0 Å². The Balaban J connectivity index is 1.24. The van der Waals surface area contributed by atoms with E-state index >= 15 is 0 Å². The molecule has 2 aliphatic rings. The van der Waals surface area contributed by atoms with Gasteiger partial charge in [0.1, 0.15) is 11.9 Å². The van der Waals surface area contributed by atoms with Crippen LogP contribution in [0.3, 0.4) is 0 Å². The number of ether oxygens (including phenoxy) is 2. The summed E-state index contributed by atoms with van der Waals surface area (Å²) in [5.74, 6) is 0.660. The predicted octanol–water partition coefficient (Wildman–Crippen LogP) is 2.54. The van der Waals surface area contributed by atoms with Crippen LogP contribution in [0.25, 0.3) is 0 Å². The van der Waals surface area contributed by atoms with Crippen LogP contribution in [0.15, 0.2) is 42.5 Å². The van der Waals surface area contributed by atoms with E-state index in [1.165, 1.54) is 5.56 Å². The molecule has 2 atom stereocenters. The monoisotopic (exact) mass is 424 g/mol. The summed E-state index contributed by atoms with van der Waals surface area (Å²) >= 11 is 0. The lowest BCUT2D eigenvalue weighted by Gasteiger charge is -2.13. The van der Waals surface area contributed by atoms with Crippen molar-refractivity contribution in [2.45, 2.75) is 44.8 Å². The second-order valence-corrected chi connectivity index (χ2v) is 7.97. The Morgan fingerprint density at radius 3 is 2.74 bits per heavy atom. The van der Waals surface area contributed by atoms with Crippen molar-refractivity contribution in [2.24, 2.45) is 5.73 Å². The first-order valence-electron chi connectivity index (χ1n) is 11.0. The molecular weight excluding hydrogens is 395 g/mol. The van der Waals surface area contributed by atoms with Crippen LogP contribution in [0, 0.1) is 0 Å². The van der Waals surface area contributed by atoms with Crippen molar-refractivity contribution in [3.8, 4) is 5.75 Å². The van der Waals surface area contributed by atoms with Gasteiger partial charge in [0.2, 0.25) is 0 Å². The highest BCUT2D eigenvalue weighted by molar-refractivity contribution is 6.62. The first kappa shape index (κ1) is 21.7. The number of hydrogen-bond acceptors (Lipinski definition) is 6. The van der Waals surface area contributed by atoms with Gasteiger partial charge in [-0.2, -0.15) is 0 Å². The average Bonchev–Trinajstić information content (AvgIpc) is 3.33. The molecule has 31 heavy (non-hydrogen) atoms. The Labute approximate surface area is 183 Å². The second kappa shape index (κ2) is 9.72. The van der Waals surface area contributed by atoms with Crippen molar-refractivity contribution in [1.82, 2.24) is 0 Å². The highest BCUT2D eigenvalue weighted by Gasteiger charge is 2.37. The lowest BCUT2D eigenvalue weighted by Crippen LogP contribution is -2.30. The number of carbonyl (C=O) groups is 1. The van der Waals surface area contributed by atoms with E-state index in [4.69, 9.17) is 19.9 Å². The van der Waals surface area contributed by atoms with Crippen LogP contribution < -0.4 is 20.8 Å². The maximum atomic E-state index is 12.0. The second-order valence-electron chi connectivity index (χ2n) is 7.97. The van der Waals surface area contributed by atoms with E-state index in [-0.39, 0.29) is 18.3 Å². The third-order valence-electron chi connectivity index (χ3n) is 5.90. The van der Waals surface area contributed by atoms with Crippen molar-refractivity contribution in [1.29, 1.82) is 0 Å². The fourth-order valence-corrected chi connectivity index (χ4v) is 4.11. The number of unbranched alkanes of at least 4 members (excludes halogenated alkanes) is 1. The first-order valence-corrected chi connectivity index (χ1v) is 11.0. The average molecular weight is 424 g/mol. The van der Waals surface area contributed by atoms with Crippen molar-refractivity contribution in [2.75, 3.05) is 24.6 Å². The van der Waals surface area contributed by atoms with Gasteiger partial charge in [-0.05, 0) is 55.0 Å². The predicted molar refractivity (Wildman–Crippen MR) is 120 cm³/mol. The number of benzene rings is 2. The van der Waals surface area contributed by atoms with Crippen LogP contribution in [0.4, 0.5) is 10.5 Å². The molecule has 0 aliphatic carbocycles. The van der Waals surface area contributed by atoms with E-state index in [1.54, 1.807) is 4.90 Å². The van der Waals surface area contributed by atoms with Gasteiger partial charge < -0.3 is 24.9 Å². The van der Waals surface area contributed by atoms with E-state index in [0.29, 0.717) is 30.9 Å². The lowest BCUT2D eigenvalue weighted by atomic mass is 9.78. The van der Waals surface area contributed by atoms with Gasteiger partial charge in [-0.3, -0.25) is 4.90 Å². The molecule has 0 spiro atoms. The molecule has 1 unspecified atom stereocenters. The standard InChI is InChI=1S/C23H29BN2O5/c1-2-18-15-26(23(27)30-18)17-11-9-16(10-12-17)6-3-4-13-29-20-8-5-7-19-21(14-25)31-24(28)22(19)20/h5,7-12,18,21,28H,2-4,6,13-15,25H2,1H3/t18?,21-/m1/s1. The largest absolute Gasteiger partial charge is 0.495 e. The summed E-state index contributed by atoms with van der Waals surface area (Å²) in [6, 6.07) is 13.8. The summed E-state index contributed by atoms with van der Waals surface area (Å²) in [4.78, 5) is 13.7. The number of nitrogens with two attached hydrogens (primary N) is 1. The molecule has 1 saturated heterocycles. The topological polar surface area (TPSA) is 94.3 Å². The number of hydrogen-bond donors (Lipinski definition) is 2. The third kappa shape index (κ3) is 4.71. The summed E-state index contributed by atoms with van der Waals surface area (Å²) in [7, 11) is -0.987. The Bertz CT molecular complexity index is 907. The van der Waals surface area contributed by atoms with Gasteiger partial charge in [-0.15, -0.1) is 0 Å². The van der Waals surface area contributed by atoms with Gasteiger partial charge in [-0.25, -0.2) is 4.79 Å². The number of anilines is 1. The molecule has 164 valence electrons. The molecule has 3 N–H and O–H groups in total. The quantitative estimate of drug-likeness (QED) is 0.475. The van der Waals surface area contributed by atoms with Gasteiger partial charge in [0.25, 0.3) is 0 Å². The zero-order chi connectivity index (χ0) is 21.8. The number of rotatable bonds is 9. The molecule has 0 saturated carbocycles. The number of carbonyl (C=O) groups excluding carboxylic acids is 1. The molecule has 1 amide bonds. The SMILES string of the molecule is CCC1CN(c2ccc(CCCCOc3cccc4c3B(O)O[C@@H]4CN)cc2)C(=O)O1. The lowest BCUT2D eigenvalue weighted by molar-refractivity contribution is 0.139. The summed E-state index contributed by atoms with van der Waals surface area (Å²) in [6.07, 6.45) is 3.05. The molecule has 0 bridgehead atoms. The van der Waals surface area contributed by atoms with Crippen molar-refractivity contribution >= 4 is 24.4 Å². The van der Waals surface area contributed by atoms with E-state index in [0.717, 1.165) is 36.9 Å². The van der Waals surface area contributed by atoms with Crippen molar-refractivity contribution in [3.63, 3.8) is 0 Å². The minimum absolute atomic E-state index is 0.0214. The zero-order valence-electron chi connectivity index (χ0n) is 17.8. The maximum Gasteiger partial charge on any atom is 0.495 e. The molecule has 0 radical (unpaired) electrons. The van der Waals surface area contributed by atoms with Crippen LogP contribution in [0.5, 0.6) is 5.75 Å². The van der Waals surface area contributed by atoms with Crippen molar-refractivity contribution < 1.29 is 23.9 Å². The normalized spacial score (nSPS) is 20.2. The smallest absolute Gasteiger partial charge is 0.494 e. The molecule has 2 aromatic carbocycles. The minimum Gasteiger partial charge on any atom is -0.494 e. The van der Waals surface area contributed by atoms with E-state index in [1.807, 2.05) is 37.3 Å². The molecule has 7 nitrogen and oxygen atoms in total. The number of aryl methyl sites for hydroxylation is 1. The fourth-order valence-electron chi connectivity index (χ4n) is 4.11. The summed E-state index contributed by atoms with van der Waals surface area (Å²) in [5, 5.41) is 10.2. The molecule has 0 aromatic heterocycles. The van der Waals surface area contributed by atoms with Gasteiger partial charge in [0.05, 0.1) is 19.3 Å². The molecule has 2 aliphatic heterocycles. The van der Waals surface area contributed by atoms with E-state index < -0.39 is 7.12 Å². The number of cyclic esters (lactones) is 1. The molecule has 2 aromatic rings. The van der Waals surface area contributed by atoms with Crippen LogP contribution in [0.1, 0.15) is 43.4 Å². The Morgan fingerprint density at radius 2 is 2.03 bits per heavy atom. The maximum absolute atomic E-state index is 12.0. The van der Waals surface area contributed by atoms with Crippen LogP contribution in [-0.4, -0.2) is 44.0 Å². The summed E-state index contributed by atoms with van der Waals surface area (Å²) in [5.41, 5.74) is 9.41. The van der Waals surface area contributed by atoms with E-state index in [9.17, 15) is 9.82 Å². The highest BCUT2D eigenvalue weighted by Crippen LogP contribution is 2.27. The highest BCUT2D eigenvalue weighted by atomic mass is 16.6. The van der Waals surface area contributed by atoms with Gasteiger partial charge in [-0.1, -0.05) is 31.2 Å². The Kier molecular flexibility index (Phi) is 6.80. The van der Waals surface area contributed by atoms with Crippen molar-refractivity contribution in [3.05, 3.63) is 53.6 Å². The number of nitrogens with zero attached hydrogens (tertiary/aromatic N) is 1. The number of fused-ring (bicyclic) bond motifs is 1. The van der Waals surface area contributed by atoms with Gasteiger partial charge in [0, 0.05) is 17.7 Å². The molecular formula is C23H29BN2O5. The first-order chi connectivity index (χ1) is 15.1. The zero-order valence-corrected chi connectivity index (χ0v) is 17.8. The molecule has 8 heteroatoms. The number of amides is 1. The third-order valence-corrected chi connectivity index (χ3v) is 5.90. The Morgan fingerprint density at radius 1 is 1.23 bits per heavy atom. The fraction of sp³-hybridized carbons (Fsp3) is 0.435. The summed E-state index contributed by atoms with van der Waals surface area (Å²) < 4.78 is 16.7. The van der Waals surface area contributed by atoms with Gasteiger partial charge >= 0.3 is 13.2 Å². The molecule has 4 rings (SSSR count).